The first-order chi connectivity index (χ1) is 15.5. The molecular formula is C24H28ClN5OS. The number of thiophene rings is 1. The van der Waals surface area contributed by atoms with Gasteiger partial charge in [0.15, 0.2) is 5.82 Å². The van der Waals surface area contributed by atoms with Gasteiger partial charge in [-0.15, -0.1) is 21.5 Å². The lowest BCUT2D eigenvalue weighted by molar-refractivity contribution is -0.118. The molecule has 1 amide bonds. The highest BCUT2D eigenvalue weighted by Crippen LogP contribution is 2.35. The molecule has 0 radical (unpaired) electrons. The van der Waals surface area contributed by atoms with Crippen molar-refractivity contribution in [2.45, 2.75) is 58.9 Å². The zero-order valence-electron chi connectivity index (χ0n) is 18.5. The van der Waals surface area contributed by atoms with Crippen molar-refractivity contribution in [2.75, 3.05) is 6.54 Å². The normalized spacial score (nSPS) is 12.7. The molecule has 1 aromatic carbocycles. The number of unbranched alkanes of at least 4 members (excludes halogenated alkanes) is 4. The number of carbonyl (C=O) groups excluding carboxylic acids is 1. The summed E-state index contributed by atoms with van der Waals surface area (Å²) in [5.41, 5.74) is 2.99. The van der Waals surface area contributed by atoms with Crippen LogP contribution in [0.1, 0.15) is 66.7 Å². The smallest absolute Gasteiger partial charge is 0.216 e. The second-order valence-corrected chi connectivity index (χ2v) is 9.60. The lowest BCUT2D eigenvalue weighted by atomic mass is 10.0. The van der Waals surface area contributed by atoms with Crippen LogP contribution in [0.4, 0.5) is 0 Å². The van der Waals surface area contributed by atoms with Crippen molar-refractivity contribution in [1.82, 2.24) is 20.1 Å². The van der Waals surface area contributed by atoms with E-state index < -0.39 is 0 Å². The number of rotatable bonds is 9. The molecule has 4 rings (SSSR count). The van der Waals surface area contributed by atoms with Crippen LogP contribution in [0.15, 0.2) is 35.3 Å². The fourth-order valence-corrected chi connectivity index (χ4v) is 5.49. The second kappa shape index (κ2) is 10.4. The van der Waals surface area contributed by atoms with E-state index in [4.69, 9.17) is 16.6 Å². The van der Waals surface area contributed by atoms with Crippen LogP contribution < -0.4 is 5.32 Å². The third-order valence-electron chi connectivity index (χ3n) is 5.60. The van der Waals surface area contributed by atoms with Crippen LogP contribution in [-0.2, 0) is 17.8 Å². The quantitative estimate of drug-likeness (QED) is 0.434. The van der Waals surface area contributed by atoms with Crippen LogP contribution in [0.3, 0.4) is 0 Å². The van der Waals surface area contributed by atoms with Crippen LogP contribution >= 0.6 is 22.9 Å². The Labute approximate surface area is 197 Å². The molecule has 0 saturated carbocycles. The van der Waals surface area contributed by atoms with E-state index in [9.17, 15) is 4.79 Å². The van der Waals surface area contributed by atoms with Gasteiger partial charge in [0.25, 0.3) is 0 Å². The summed E-state index contributed by atoms with van der Waals surface area (Å²) in [5.74, 6) is 1.79. The first-order valence-electron chi connectivity index (χ1n) is 11.1. The lowest BCUT2D eigenvalue weighted by Gasteiger charge is -2.08. The van der Waals surface area contributed by atoms with E-state index >= 15 is 0 Å². The van der Waals surface area contributed by atoms with Crippen LogP contribution in [-0.4, -0.2) is 32.9 Å². The maximum absolute atomic E-state index is 10.9. The Balaban J connectivity index is 1.48. The molecule has 32 heavy (non-hydrogen) atoms. The monoisotopic (exact) mass is 469 g/mol. The molecule has 0 aliphatic carbocycles. The second-order valence-electron chi connectivity index (χ2n) is 8.08. The van der Waals surface area contributed by atoms with E-state index in [-0.39, 0.29) is 5.91 Å². The summed E-state index contributed by atoms with van der Waals surface area (Å²) >= 11 is 8.34. The highest BCUT2D eigenvalue weighted by Gasteiger charge is 2.25. The molecule has 0 unspecified atom stereocenters. The Bertz CT molecular complexity index is 1130. The first kappa shape index (κ1) is 22.7. The van der Waals surface area contributed by atoms with E-state index in [2.05, 4.69) is 26.1 Å². The number of carbonyl (C=O) groups is 1. The van der Waals surface area contributed by atoms with Gasteiger partial charge < -0.3 is 5.32 Å². The molecule has 1 N–H and O–H groups in total. The van der Waals surface area contributed by atoms with Gasteiger partial charge in [-0.2, -0.15) is 0 Å². The number of halogens is 1. The van der Waals surface area contributed by atoms with Crippen molar-refractivity contribution in [3.05, 3.63) is 63.0 Å². The van der Waals surface area contributed by atoms with Crippen LogP contribution in [0.5, 0.6) is 0 Å². The van der Waals surface area contributed by atoms with Crippen molar-refractivity contribution < 1.29 is 4.79 Å². The van der Waals surface area contributed by atoms with Gasteiger partial charge in [0.05, 0.1) is 5.71 Å². The van der Waals surface area contributed by atoms with Gasteiger partial charge in [-0.1, -0.05) is 49.1 Å². The van der Waals surface area contributed by atoms with E-state index in [1.165, 1.54) is 17.7 Å². The molecule has 1 aliphatic rings. The van der Waals surface area contributed by atoms with Gasteiger partial charge >= 0.3 is 0 Å². The number of aryl methyl sites for hydroxylation is 2. The zero-order chi connectivity index (χ0) is 22.5. The average Bonchev–Trinajstić information content (AvgIpc) is 3.30. The molecule has 3 heterocycles. The Morgan fingerprint density at radius 2 is 1.91 bits per heavy atom. The summed E-state index contributed by atoms with van der Waals surface area (Å²) in [6.45, 7) is 4.81. The highest BCUT2D eigenvalue weighted by molar-refractivity contribution is 7.15. The number of hydrogen-bond donors (Lipinski definition) is 1. The van der Waals surface area contributed by atoms with E-state index in [0.29, 0.717) is 11.6 Å². The number of nitrogens with one attached hydrogen (secondary N) is 1. The van der Waals surface area contributed by atoms with E-state index in [1.54, 1.807) is 18.3 Å². The number of aromatic nitrogens is 3. The average molecular weight is 470 g/mol. The summed E-state index contributed by atoms with van der Waals surface area (Å²) in [6, 6.07) is 10.2. The van der Waals surface area contributed by atoms with Crippen LogP contribution in [0, 0.1) is 6.92 Å². The predicted octanol–water partition coefficient (Wildman–Crippen LogP) is 5.27. The predicted molar refractivity (Wildman–Crippen MR) is 130 cm³/mol. The maximum Gasteiger partial charge on any atom is 0.216 e. The Morgan fingerprint density at radius 1 is 1.12 bits per heavy atom. The van der Waals surface area contributed by atoms with Crippen molar-refractivity contribution in [3.63, 3.8) is 0 Å². The number of nitrogens with zero attached hydrogens (tertiary/aromatic N) is 4. The topological polar surface area (TPSA) is 72.2 Å². The highest BCUT2D eigenvalue weighted by atomic mass is 35.5. The van der Waals surface area contributed by atoms with Gasteiger partial charge in [0, 0.05) is 34.5 Å². The molecule has 8 heteroatoms. The minimum Gasteiger partial charge on any atom is -0.356 e. The van der Waals surface area contributed by atoms with Gasteiger partial charge in [-0.3, -0.25) is 14.4 Å². The molecule has 0 bridgehead atoms. The fraction of sp³-hybridized carbons (Fsp3) is 0.417. The van der Waals surface area contributed by atoms with E-state index in [1.807, 2.05) is 31.2 Å². The van der Waals surface area contributed by atoms with Crippen LogP contribution in [0.2, 0.25) is 5.02 Å². The van der Waals surface area contributed by atoms with Crippen molar-refractivity contribution in [2.24, 2.45) is 4.99 Å². The Morgan fingerprint density at radius 3 is 2.72 bits per heavy atom. The molecule has 0 atom stereocenters. The minimum absolute atomic E-state index is 0.0497. The minimum atomic E-state index is 0.0497. The van der Waals surface area contributed by atoms with Crippen molar-refractivity contribution in [1.29, 1.82) is 0 Å². The summed E-state index contributed by atoms with van der Waals surface area (Å²) in [6.07, 6.45) is 6.74. The van der Waals surface area contributed by atoms with E-state index in [0.717, 1.165) is 65.7 Å². The summed E-state index contributed by atoms with van der Waals surface area (Å²) in [5, 5.41) is 13.3. The van der Waals surface area contributed by atoms with Gasteiger partial charge in [-0.05, 0) is 38.3 Å². The third-order valence-corrected chi connectivity index (χ3v) is 7.10. The number of aliphatic imine (C=N–C) groups is 1. The molecule has 2 aromatic heterocycles. The summed E-state index contributed by atoms with van der Waals surface area (Å²) < 4.78 is 2.14. The summed E-state index contributed by atoms with van der Waals surface area (Å²) in [7, 11) is 0. The lowest BCUT2D eigenvalue weighted by Crippen LogP contribution is -2.20. The molecular weight excluding hydrogens is 442 g/mol. The molecule has 3 aromatic rings. The molecule has 0 saturated heterocycles. The van der Waals surface area contributed by atoms with Crippen molar-refractivity contribution >= 4 is 34.6 Å². The number of amides is 1. The van der Waals surface area contributed by atoms with Gasteiger partial charge in [0.2, 0.25) is 5.91 Å². The van der Waals surface area contributed by atoms with Crippen LogP contribution in [0.25, 0.3) is 5.00 Å². The number of hydrogen-bond acceptors (Lipinski definition) is 5. The standard InChI is InChI=1S/C24H28ClN5OS/c1-16-28-29-22-15-27-23(19-11-7-8-12-21(19)25)20-14-18(32-24(20)30(16)22)10-6-4-3-5-9-13-26-17(2)31/h7-8,11-12,14H,3-6,9-10,13,15H2,1-2H3,(H,26,31). The number of fused-ring (bicyclic) bond motifs is 3. The SMILES string of the molecule is CC(=O)NCCCCCCCc1cc2c(s1)-n1c(C)nnc1CN=C2c1ccccc1Cl. The molecule has 0 fully saturated rings. The first-order valence-corrected chi connectivity index (χ1v) is 12.3. The zero-order valence-corrected chi connectivity index (χ0v) is 20.1. The largest absolute Gasteiger partial charge is 0.356 e. The van der Waals surface area contributed by atoms with Crippen molar-refractivity contribution in [3.8, 4) is 5.00 Å². The summed E-state index contributed by atoms with van der Waals surface area (Å²) in [4.78, 5) is 17.2. The Kier molecular flexibility index (Phi) is 7.37. The molecule has 6 nitrogen and oxygen atoms in total. The maximum atomic E-state index is 10.9. The Hall–Kier alpha value is -2.51. The fourth-order valence-electron chi connectivity index (χ4n) is 4.00. The molecule has 1 aliphatic heterocycles. The molecule has 0 spiro atoms. The third kappa shape index (κ3) is 5.10. The van der Waals surface area contributed by atoms with Gasteiger partial charge in [-0.25, -0.2) is 0 Å². The van der Waals surface area contributed by atoms with Gasteiger partial charge in [0.1, 0.15) is 17.4 Å². The molecule has 168 valence electrons. The number of benzene rings is 1.